The molecule has 30 heavy (non-hydrogen) atoms. The quantitative estimate of drug-likeness (QED) is 0.143. The van der Waals surface area contributed by atoms with E-state index in [1.807, 2.05) is 0 Å². The van der Waals surface area contributed by atoms with Gasteiger partial charge in [0.15, 0.2) is 0 Å². The van der Waals surface area contributed by atoms with E-state index >= 15 is 0 Å². The van der Waals surface area contributed by atoms with E-state index in [2.05, 4.69) is 38.5 Å². The summed E-state index contributed by atoms with van der Waals surface area (Å²) in [5, 5.41) is 15.9. The average Bonchev–Trinajstić information content (AvgIpc) is 3.20. The molecule has 14 heteroatoms. The lowest BCUT2D eigenvalue weighted by molar-refractivity contribution is -0.141. The second-order valence-corrected chi connectivity index (χ2v) is 6.68. The molecule has 0 bridgehead atoms. The summed E-state index contributed by atoms with van der Waals surface area (Å²) in [6, 6.07) is -3.38. The van der Waals surface area contributed by atoms with Gasteiger partial charge in [0, 0.05) is 30.5 Å². The van der Waals surface area contributed by atoms with Gasteiger partial charge in [0.2, 0.25) is 23.6 Å². The number of carboxylic acid groups (broad SMARTS) is 1. The van der Waals surface area contributed by atoms with Crippen LogP contribution < -0.4 is 27.4 Å². The fourth-order valence-corrected chi connectivity index (χ4v) is 2.50. The fraction of sp³-hybridized carbons (Fsp3) is 0.500. The summed E-state index contributed by atoms with van der Waals surface area (Å²) in [7, 11) is 0. The Morgan fingerprint density at radius 2 is 1.87 bits per heavy atom. The number of rotatable bonds is 13. The van der Waals surface area contributed by atoms with Gasteiger partial charge < -0.3 is 37.5 Å². The molecule has 0 aromatic carbocycles. The maximum atomic E-state index is 12.5. The number of carbonyl (C=O) groups is 5. The zero-order valence-corrected chi connectivity index (χ0v) is 16.9. The van der Waals surface area contributed by atoms with E-state index in [1.54, 1.807) is 0 Å². The Hall–Kier alpha value is -3.13. The highest BCUT2D eigenvalue weighted by Gasteiger charge is 2.26. The summed E-state index contributed by atoms with van der Waals surface area (Å²) >= 11 is 3.83. The van der Waals surface area contributed by atoms with Crippen LogP contribution in [0.2, 0.25) is 0 Å². The van der Waals surface area contributed by atoms with Gasteiger partial charge in [-0.1, -0.05) is 0 Å². The summed E-state index contributed by atoms with van der Waals surface area (Å²) in [5.74, 6) is -4.13. The molecule has 0 aliphatic carbocycles. The standard InChI is InChI=1S/C16H25N7O6S/c17-9(1-2-12(18)24)14(26)23-10(3-8-4-19-7-21-8)15(27)20-5-13(25)22-11(6-30)16(28)29/h4,7,9-11,30H,1-3,5-6,17H2,(H2,18,24)(H,19,21)(H,20,27)(H,22,25)(H,23,26)(H,28,29). The topological polar surface area (TPSA) is 222 Å². The Morgan fingerprint density at radius 3 is 2.40 bits per heavy atom. The van der Waals surface area contributed by atoms with Crippen molar-refractivity contribution in [3.63, 3.8) is 0 Å². The smallest absolute Gasteiger partial charge is 0.327 e. The molecule has 0 spiro atoms. The molecule has 9 N–H and O–H groups in total. The first-order chi connectivity index (χ1) is 14.1. The van der Waals surface area contributed by atoms with E-state index in [0.29, 0.717) is 5.69 Å². The van der Waals surface area contributed by atoms with Crippen LogP contribution in [0.5, 0.6) is 0 Å². The van der Waals surface area contributed by atoms with Crippen LogP contribution in [0.3, 0.4) is 0 Å². The van der Waals surface area contributed by atoms with Gasteiger partial charge in [-0.15, -0.1) is 0 Å². The van der Waals surface area contributed by atoms with Crippen molar-refractivity contribution >= 4 is 42.2 Å². The molecule has 3 atom stereocenters. The monoisotopic (exact) mass is 443 g/mol. The van der Waals surface area contributed by atoms with Crippen molar-refractivity contribution in [2.45, 2.75) is 37.4 Å². The lowest BCUT2D eigenvalue weighted by Gasteiger charge is -2.20. The largest absolute Gasteiger partial charge is 0.480 e. The SMILES string of the molecule is NC(=O)CCC(N)C(=O)NC(Cc1cnc[nH]1)C(=O)NCC(=O)NC(CS)C(=O)O. The molecule has 0 aliphatic heterocycles. The molecule has 3 unspecified atom stereocenters. The van der Waals surface area contributed by atoms with E-state index in [1.165, 1.54) is 12.5 Å². The van der Waals surface area contributed by atoms with Crippen LogP contribution in [0.15, 0.2) is 12.5 Å². The number of nitrogens with zero attached hydrogens (tertiary/aromatic N) is 1. The highest BCUT2D eigenvalue weighted by molar-refractivity contribution is 7.80. The van der Waals surface area contributed by atoms with Gasteiger partial charge in [-0.3, -0.25) is 19.2 Å². The molecule has 0 fully saturated rings. The predicted molar refractivity (Wildman–Crippen MR) is 107 cm³/mol. The van der Waals surface area contributed by atoms with Crippen molar-refractivity contribution in [1.82, 2.24) is 25.9 Å². The molecule has 1 aromatic heterocycles. The van der Waals surface area contributed by atoms with Crippen LogP contribution in [-0.4, -0.2) is 75.1 Å². The number of aromatic nitrogens is 2. The lowest BCUT2D eigenvalue weighted by atomic mass is 10.1. The Balaban J connectivity index is 2.71. The molecule has 0 saturated carbocycles. The molecule has 1 heterocycles. The summed E-state index contributed by atoms with van der Waals surface area (Å²) in [6.45, 7) is -0.514. The maximum Gasteiger partial charge on any atom is 0.327 e. The predicted octanol–water partition coefficient (Wildman–Crippen LogP) is -3.35. The Morgan fingerprint density at radius 1 is 1.17 bits per heavy atom. The van der Waals surface area contributed by atoms with Crippen LogP contribution in [-0.2, 0) is 30.4 Å². The lowest BCUT2D eigenvalue weighted by Crippen LogP contribution is -2.54. The Labute approximate surface area is 177 Å². The number of hydrogen-bond donors (Lipinski definition) is 8. The number of primary amides is 1. The molecular weight excluding hydrogens is 418 g/mol. The summed E-state index contributed by atoms with van der Waals surface area (Å²) < 4.78 is 0. The van der Waals surface area contributed by atoms with E-state index in [4.69, 9.17) is 16.6 Å². The van der Waals surface area contributed by atoms with E-state index in [0.717, 1.165) is 0 Å². The third-order valence-corrected chi connectivity index (χ3v) is 4.25. The number of imidazole rings is 1. The van der Waals surface area contributed by atoms with Crippen LogP contribution >= 0.6 is 12.6 Å². The minimum absolute atomic E-state index is 0.00226. The van der Waals surface area contributed by atoms with Crippen molar-refractivity contribution in [3.05, 3.63) is 18.2 Å². The first-order valence-electron chi connectivity index (χ1n) is 8.86. The van der Waals surface area contributed by atoms with Crippen LogP contribution in [0.1, 0.15) is 18.5 Å². The molecule has 1 rings (SSSR count). The van der Waals surface area contributed by atoms with Gasteiger partial charge in [-0.05, 0) is 6.42 Å². The zero-order chi connectivity index (χ0) is 22.7. The number of aromatic amines is 1. The number of thiol groups is 1. The molecule has 4 amide bonds. The van der Waals surface area contributed by atoms with Gasteiger partial charge in [0.1, 0.15) is 12.1 Å². The van der Waals surface area contributed by atoms with Gasteiger partial charge >= 0.3 is 5.97 Å². The maximum absolute atomic E-state index is 12.5. The third-order valence-electron chi connectivity index (χ3n) is 3.89. The van der Waals surface area contributed by atoms with Crippen molar-refractivity contribution in [1.29, 1.82) is 0 Å². The third kappa shape index (κ3) is 8.91. The first kappa shape index (κ1) is 24.9. The average molecular weight is 443 g/mol. The molecule has 1 aromatic rings. The molecule has 0 aliphatic rings. The number of carboxylic acids is 1. The second-order valence-electron chi connectivity index (χ2n) is 6.31. The molecule has 0 saturated heterocycles. The Bertz CT molecular complexity index is 757. The highest BCUT2D eigenvalue weighted by Crippen LogP contribution is 2.01. The van der Waals surface area contributed by atoms with Gasteiger partial charge in [0.25, 0.3) is 0 Å². The summed E-state index contributed by atoms with van der Waals surface area (Å²) in [5.41, 5.74) is 11.3. The minimum atomic E-state index is -1.26. The van der Waals surface area contributed by atoms with Gasteiger partial charge in [-0.2, -0.15) is 12.6 Å². The fourth-order valence-electron chi connectivity index (χ4n) is 2.25. The molecular formula is C16H25N7O6S. The van der Waals surface area contributed by atoms with Crippen molar-refractivity contribution in [3.8, 4) is 0 Å². The van der Waals surface area contributed by atoms with Crippen molar-refractivity contribution < 1.29 is 29.1 Å². The number of amides is 4. The number of aliphatic carboxylic acids is 1. The van der Waals surface area contributed by atoms with Gasteiger partial charge in [0.05, 0.1) is 18.9 Å². The normalized spacial score (nSPS) is 13.5. The summed E-state index contributed by atoms with van der Waals surface area (Å²) in [6.07, 6.45) is 2.78. The number of H-pyrrole nitrogens is 1. The molecule has 166 valence electrons. The number of carbonyl (C=O) groups excluding carboxylic acids is 4. The second kappa shape index (κ2) is 12.4. The Kier molecular flexibility index (Phi) is 10.3. The number of hydrogen-bond acceptors (Lipinski definition) is 8. The summed E-state index contributed by atoms with van der Waals surface area (Å²) in [4.78, 5) is 65.0. The minimum Gasteiger partial charge on any atom is -0.480 e. The van der Waals surface area contributed by atoms with E-state index in [9.17, 15) is 24.0 Å². The zero-order valence-electron chi connectivity index (χ0n) is 16.0. The number of nitrogens with one attached hydrogen (secondary N) is 4. The van der Waals surface area contributed by atoms with Crippen LogP contribution in [0.25, 0.3) is 0 Å². The first-order valence-corrected chi connectivity index (χ1v) is 9.49. The highest BCUT2D eigenvalue weighted by atomic mass is 32.1. The van der Waals surface area contributed by atoms with Gasteiger partial charge in [-0.25, -0.2) is 9.78 Å². The van der Waals surface area contributed by atoms with Crippen LogP contribution in [0.4, 0.5) is 0 Å². The van der Waals surface area contributed by atoms with Crippen molar-refractivity contribution in [2.75, 3.05) is 12.3 Å². The van der Waals surface area contributed by atoms with Crippen LogP contribution in [0, 0.1) is 0 Å². The molecule has 0 radical (unpaired) electrons. The van der Waals surface area contributed by atoms with Crippen molar-refractivity contribution in [2.24, 2.45) is 11.5 Å². The number of nitrogens with two attached hydrogens (primary N) is 2. The van der Waals surface area contributed by atoms with E-state index < -0.39 is 54.3 Å². The van der Waals surface area contributed by atoms with E-state index in [-0.39, 0.29) is 25.0 Å². The molecule has 13 nitrogen and oxygen atoms in total.